The van der Waals surface area contributed by atoms with Crippen LogP contribution in [0.25, 0.3) is 0 Å². The van der Waals surface area contributed by atoms with Crippen molar-refractivity contribution >= 4 is 16.4 Å². The van der Waals surface area contributed by atoms with E-state index in [0.717, 1.165) is 6.42 Å². The van der Waals surface area contributed by atoms with E-state index in [1.807, 2.05) is 18.2 Å². The highest BCUT2D eigenvalue weighted by atomic mass is 32.3. The quantitative estimate of drug-likeness (QED) is 0.304. The molecule has 0 fully saturated rings. The fraction of sp³-hybridized carbons (Fsp3) is 0.300. The number of nitrogens with zero attached hydrogens (tertiary/aromatic N) is 1. The third-order valence-electron chi connectivity index (χ3n) is 2.32. The molecule has 2 rings (SSSR count). The maximum atomic E-state index is 8.74. The van der Waals surface area contributed by atoms with Crippen LogP contribution in [-0.4, -0.2) is 35.2 Å². The first-order chi connectivity index (χ1) is 8.77. The number of guanidine groups is 1. The SMILES string of the molecule is N=C(N)N1Cc2ccccc2CCO1.O=S(=O)(O)O. The average molecular weight is 289 g/mol. The summed E-state index contributed by atoms with van der Waals surface area (Å²) in [5, 5.41) is 8.73. The van der Waals surface area contributed by atoms with Crippen LogP contribution in [0.3, 0.4) is 0 Å². The van der Waals surface area contributed by atoms with Crippen LogP contribution in [0.5, 0.6) is 0 Å². The highest BCUT2D eigenvalue weighted by molar-refractivity contribution is 7.79. The zero-order valence-electron chi connectivity index (χ0n) is 9.98. The van der Waals surface area contributed by atoms with E-state index < -0.39 is 10.4 Å². The molecule has 0 spiro atoms. The predicted molar refractivity (Wildman–Crippen MR) is 67.7 cm³/mol. The normalized spacial score (nSPS) is 14.7. The summed E-state index contributed by atoms with van der Waals surface area (Å²) >= 11 is 0. The first kappa shape index (κ1) is 15.4. The van der Waals surface area contributed by atoms with Crippen molar-refractivity contribution in [2.45, 2.75) is 13.0 Å². The van der Waals surface area contributed by atoms with E-state index in [9.17, 15) is 0 Å². The second kappa shape index (κ2) is 6.48. The number of rotatable bonds is 0. The van der Waals surface area contributed by atoms with Gasteiger partial charge in [0.25, 0.3) is 0 Å². The molecule has 8 nitrogen and oxygen atoms in total. The van der Waals surface area contributed by atoms with E-state index in [1.165, 1.54) is 16.2 Å². The van der Waals surface area contributed by atoms with Gasteiger partial charge in [0, 0.05) is 0 Å². The summed E-state index contributed by atoms with van der Waals surface area (Å²) < 4.78 is 31.6. The standard InChI is InChI=1S/C10H13N3O.H2O4S/c11-10(12)13-7-9-4-2-1-3-8(9)5-6-14-13;1-5(2,3)4/h1-4H,5-7H2,(H3,11,12);(H2,1,2,3,4). The summed E-state index contributed by atoms with van der Waals surface area (Å²) in [5.74, 6) is -0.0401. The minimum Gasteiger partial charge on any atom is -0.368 e. The molecule has 1 aliphatic rings. The largest absolute Gasteiger partial charge is 0.394 e. The van der Waals surface area contributed by atoms with Gasteiger partial charge >= 0.3 is 10.4 Å². The molecule has 0 amide bonds. The smallest absolute Gasteiger partial charge is 0.368 e. The molecular weight excluding hydrogens is 274 g/mol. The second-order valence-electron chi connectivity index (χ2n) is 3.72. The molecule has 5 N–H and O–H groups in total. The van der Waals surface area contributed by atoms with Crippen molar-refractivity contribution < 1.29 is 22.4 Å². The highest BCUT2D eigenvalue weighted by Gasteiger charge is 2.15. The maximum Gasteiger partial charge on any atom is 0.394 e. The van der Waals surface area contributed by atoms with Crippen LogP contribution in [0.15, 0.2) is 24.3 Å². The predicted octanol–water partition coefficient (Wildman–Crippen LogP) is 0.217. The van der Waals surface area contributed by atoms with Crippen LogP contribution in [-0.2, 0) is 28.2 Å². The lowest BCUT2D eigenvalue weighted by Crippen LogP contribution is -2.35. The van der Waals surface area contributed by atoms with Gasteiger partial charge < -0.3 is 5.73 Å². The number of benzene rings is 1. The van der Waals surface area contributed by atoms with Crippen LogP contribution in [0.2, 0.25) is 0 Å². The molecule has 0 radical (unpaired) electrons. The molecule has 0 bridgehead atoms. The number of hydrogen-bond donors (Lipinski definition) is 4. The molecule has 1 aromatic carbocycles. The lowest BCUT2D eigenvalue weighted by atomic mass is 10.1. The van der Waals surface area contributed by atoms with Gasteiger partial charge in [-0.25, -0.2) is 5.06 Å². The van der Waals surface area contributed by atoms with Gasteiger partial charge in [0.05, 0.1) is 13.2 Å². The molecule has 9 heteroatoms. The second-order valence-corrected chi connectivity index (χ2v) is 4.62. The molecule has 1 aromatic rings. The van der Waals surface area contributed by atoms with Crippen LogP contribution in [0.1, 0.15) is 11.1 Å². The molecule has 0 unspecified atom stereocenters. The minimum absolute atomic E-state index is 0.0401. The van der Waals surface area contributed by atoms with Crippen molar-refractivity contribution in [3.05, 3.63) is 35.4 Å². The lowest BCUT2D eigenvalue weighted by Gasteiger charge is -2.18. The number of nitrogens with one attached hydrogen (secondary N) is 1. The summed E-state index contributed by atoms with van der Waals surface area (Å²) in [7, 11) is -4.67. The lowest BCUT2D eigenvalue weighted by molar-refractivity contribution is -0.102. The molecule has 0 saturated carbocycles. The first-order valence-electron chi connectivity index (χ1n) is 5.28. The number of fused-ring (bicyclic) bond motifs is 1. The number of hydrogen-bond acceptors (Lipinski definition) is 4. The summed E-state index contributed by atoms with van der Waals surface area (Å²) in [6, 6.07) is 8.13. The third kappa shape index (κ3) is 6.15. The van der Waals surface area contributed by atoms with E-state index in [-0.39, 0.29) is 5.96 Å². The van der Waals surface area contributed by atoms with Gasteiger partial charge in [-0.1, -0.05) is 24.3 Å². The Morgan fingerprint density at radius 3 is 2.37 bits per heavy atom. The summed E-state index contributed by atoms with van der Waals surface area (Å²) in [6.07, 6.45) is 0.875. The summed E-state index contributed by atoms with van der Waals surface area (Å²) in [4.78, 5) is 5.33. The maximum absolute atomic E-state index is 8.74. The number of hydroxylamine groups is 2. The van der Waals surface area contributed by atoms with Crippen LogP contribution >= 0.6 is 0 Å². The van der Waals surface area contributed by atoms with Crippen molar-refractivity contribution in [3.63, 3.8) is 0 Å². The van der Waals surface area contributed by atoms with E-state index >= 15 is 0 Å². The van der Waals surface area contributed by atoms with Crippen LogP contribution < -0.4 is 5.73 Å². The van der Waals surface area contributed by atoms with Gasteiger partial charge in [-0.2, -0.15) is 8.42 Å². The van der Waals surface area contributed by atoms with Gasteiger partial charge in [0.2, 0.25) is 5.96 Å². The van der Waals surface area contributed by atoms with Gasteiger partial charge in [-0.15, -0.1) is 0 Å². The molecule has 0 aliphatic carbocycles. The first-order valence-corrected chi connectivity index (χ1v) is 6.68. The Labute approximate surface area is 110 Å². The fourth-order valence-electron chi connectivity index (χ4n) is 1.58. The summed E-state index contributed by atoms with van der Waals surface area (Å²) in [5.41, 5.74) is 7.83. The topological polar surface area (TPSA) is 137 Å². The average Bonchev–Trinajstić information content (AvgIpc) is 2.48. The van der Waals surface area contributed by atoms with Gasteiger partial charge in [0.15, 0.2) is 0 Å². The van der Waals surface area contributed by atoms with Crippen molar-refractivity contribution in [3.8, 4) is 0 Å². The third-order valence-corrected chi connectivity index (χ3v) is 2.32. The molecule has 1 heterocycles. The Morgan fingerprint density at radius 1 is 1.32 bits per heavy atom. The molecule has 19 heavy (non-hydrogen) atoms. The highest BCUT2D eigenvalue weighted by Crippen LogP contribution is 2.16. The summed E-state index contributed by atoms with van der Waals surface area (Å²) in [6.45, 7) is 1.14. The Morgan fingerprint density at radius 2 is 1.84 bits per heavy atom. The zero-order valence-corrected chi connectivity index (χ0v) is 10.8. The van der Waals surface area contributed by atoms with E-state index in [4.69, 9.17) is 33.5 Å². The Balaban J connectivity index is 0.000000312. The number of nitrogens with two attached hydrogens (primary N) is 1. The Kier molecular flexibility index (Phi) is 5.24. The van der Waals surface area contributed by atoms with Crippen LogP contribution in [0.4, 0.5) is 0 Å². The van der Waals surface area contributed by atoms with Crippen molar-refractivity contribution in [1.29, 1.82) is 5.41 Å². The van der Waals surface area contributed by atoms with Gasteiger partial charge in [0.1, 0.15) is 0 Å². The molecule has 0 aromatic heterocycles. The Hall–Kier alpha value is -1.68. The zero-order chi connectivity index (χ0) is 14.5. The molecule has 0 atom stereocenters. The van der Waals surface area contributed by atoms with Gasteiger partial charge in [-0.05, 0) is 17.5 Å². The monoisotopic (exact) mass is 289 g/mol. The molecular formula is C10H15N3O5S. The Bertz CT molecular complexity index is 538. The molecule has 0 saturated heterocycles. The molecule has 1 aliphatic heterocycles. The van der Waals surface area contributed by atoms with Gasteiger partial charge in [-0.3, -0.25) is 19.4 Å². The van der Waals surface area contributed by atoms with Crippen molar-refractivity contribution in [2.24, 2.45) is 5.73 Å². The van der Waals surface area contributed by atoms with Crippen LogP contribution in [0, 0.1) is 5.41 Å². The van der Waals surface area contributed by atoms with E-state index in [2.05, 4.69) is 6.07 Å². The van der Waals surface area contributed by atoms with E-state index in [1.54, 1.807) is 0 Å². The van der Waals surface area contributed by atoms with E-state index in [0.29, 0.717) is 13.2 Å². The minimum atomic E-state index is -4.67. The molecule has 106 valence electrons. The fourth-order valence-corrected chi connectivity index (χ4v) is 1.58. The van der Waals surface area contributed by atoms with Crippen molar-refractivity contribution in [1.82, 2.24) is 5.06 Å². The van der Waals surface area contributed by atoms with Crippen molar-refractivity contribution in [2.75, 3.05) is 6.61 Å².